The lowest BCUT2D eigenvalue weighted by atomic mass is 9.98. The molecule has 0 spiro atoms. The molecule has 4 nitrogen and oxygen atoms in total. The molecule has 1 fully saturated rings. The maximum atomic E-state index is 11.6. The summed E-state index contributed by atoms with van der Waals surface area (Å²) in [6.45, 7) is 4.71. The minimum Gasteiger partial charge on any atom is -0.481 e. The molecular formula is C11H19NO3. The van der Waals surface area contributed by atoms with Crippen molar-refractivity contribution in [3.8, 4) is 0 Å². The van der Waals surface area contributed by atoms with Crippen LogP contribution in [0.4, 0.5) is 0 Å². The molecule has 0 saturated carbocycles. The summed E-state index contributed by atoms with van der Waals surface area (Å²) in [4.78, 5) is 24.3. The van der Waals surface area contributed by atoms with Crippen LogP contribution in [0.1, 0.15) is 39.5 Å². The van der Waals surface area contributed by atoms with E-state index in [0.717, 1.165) is 19.3 Å². The summed E-state index contributed by atoms with van der Waals surface area (Å²) in [6.07, 6.45) is 2.89. The van der Waals surface area contributed by atoms with E-state index in [1.54, 1.807) is 4.90 Å². The van der Waals surface area contributed by atoms with Crippen LogP contribution in [-0.2, 0) is 9.59 Å². The number of amides is 1. The number of carboxylic acid groups (broad SMARTS) is 1. The quantitative estimate of drug-likeness (QED) is 0.753. The molecule has 1 saturated heterocycles. The van der Waals surface area contributed by atoms with Crippen molar-refractivity contribution >= 4 is 11.9 Å². The molecule has 0 aromatic rings. The van der Waals surface area contributed by atoms with E-state index >= 15 is 0 Å². The van der Waals surface area contributed by atoms with Crippen molar-refractivity contribution in [1.29, 1.82) is 0 Å². The third-order valence-electron chi connectivity index (χ3n) is 3.07. The molecule has 86 valence electrons. The Balaban J connectivity index is 2.69. The summed E-state index contributed by atoms with van der Waals surface area (Å²) >= 11 is 0. The molecule has 1 aliphatic heterocycles. The summed E-state index contributed by atoms with van der Waals surface area (Å²) in [7, 11) is 0. The first-order valence-electron chi connectivity index (χ1n) is 5.64. The van der Waals surface area contributed by atoms with Gasteiger partial charge in [0, 0.05) is 19.0 Å². The SMILES string of the molecule is CCCCN1C(=O)CC(C(=O)O)C1CC. The van der Waals surface area contributed by atoms with Gasteiger partial charge in [0.25, 0.3) is 0 Å². The van der Waals surface area contributed by atoms with Crippen LogP contribution >= 0.6 is 0 Å². The van der Waals surface area contributed by atoms with Gasteiger partial charge in [0.2, 0.25) is 5.91 Å². The van der Waals surface area contributed by atoms with Gasteiger partial charge in [-0.05, 0) is 12.8 Å². The van der Waals surface area contributed by atoms with Gasteiger partial charge in [-0.25, -0.2) is 0 Å². The van der Waals surface area contributed by atoms with Crippen molar-refractivity contribution in [2.24, 2.45) is 5.92 Å². The molecule has 15 heavy (non-hydrogen) atoms. The van der Waals surface area contributed by atoms with E-state index in [0.29, 0.717) is 6.54 Å². The molecular weight excluding hydrogens is 194 g/mol. The molecule has 0 aliphatic carbocycles. The number of carboxylic acids is 1. The topological polar surface area (TPSA) is 57.6 Å². The Bertz CT molecular complexity index is 252. The Labute approximate surface area is 90.3 Å². The van der Waals surface area contributed by atoms with E-state index in [4.69, 9.17) is 5.11 Å². The van der Waals surface area contributed by atoms with Gasteiger partial charge in [-0.1, -0.05) is 20.3 Å². The monoisotopic (exact) mass is 213 g/mol. The highest BCUT2D eigenvalue weighted by Gasteiger charge is 2.42. The van der Waals surface area contributed by atoms with Crippen LogP contribution < -0.4 is 0 Å². The first kappa shape index (κ1) is 12.0. The van der Waals surface area contributed by atoms with Gasteiger partial charge < -0.3 is 10.0 Å². The predicted octanol–water partition coefficient (Wildman–Crippen LogP) is 1.50. The third kappa shape index (κ3) is 2.49. The van der Waals surface area contributed by atoms with Crippen molar-refractivity contribution < 1.29 is 14.7 Å². The number of carbonyl (C=O) groups is 2. The lowest BCUT2D eigenvalue weighted by Crippen LogP contribution is -2.37. The molecule has 0 aromatic heterocycles. The molecule has 1 amide bonds. The second-order valence-corrected chi connectivity index (χ2v) is 4.07. The van der Waals surface area contributed by atoms with Gasteiger partial charge in [0.05, 0.1) is 5.92 Å². The van der Waals surface area contributed by atoms with Crippen molar-refractivity contribution in [3.05, 3.63) is 0 Å². The molecule has 0 aromatic carbocycles. The smallest absolute Gasteiger partial charge is 0.309 e. The molecule has 1 aliphatic rings. The molecule has 0 radical (unpaired) electrons. The van der Waals surface area contributed by atoms with Gasteiger partial charge in [0.1, 0.15) is 0 Å². The lowest BCUT2D eigenvalue weighted by molar-refractivity contribution is -0.142. The summed E-state index contributed by atoms with van der Waals surface area (Å²) in [6, 6.07) is -0.0958. The third-order valence-corrected chi connectivity index (χ3v) is 3.07. The van der Waals surface area contributed by atoms with Crippen LogP contribution in [0.3, 0.4) is 0 Å². The number of hydrogen-bond acceptors (Lipinski definition) is 2. The molecule has 1 N–H and O–H groups in total. The summed E-state index contributed by atoms with van der Waals surface area (Å²) in [5, 5.41) is 9.00. The normalized spacial score (nSPS) is 26.0. The standard InChI is InChI=1S/C11H19NO3/c1-3-5-6-12-9(4-2)8(11(14)15)7-10(12)13/h8-9H,3-7H2,1-2H3,(H,14,15). The zero-order valence-electron chi connectivity index (χ0n) is 9.40. The maximum Gasteiger partial charge on any atom is 0.309 e. The first-order chi connectivity index (χ1) is 7.11. The largest absolute Gasteiger partial charge is 0.481 e. The van der Waals surface area contributed by atoms with Crippen LogP contribution in [0, 0.1) is 5.92 Å². The van der Waals surface area contributed by atoms with Gasteiger partial charge in [0.15, 0.2) is 0 Å². The van der Waals surface area contributed by atoms with Crippen LogP contribution in [-0.4, -0.2) is 34.5 Å². The molecule has 2 unspecified atom stereocenters. The van der Waals surface area contributed by atoms with Crippen LogP contribution in [0.25, 0.3) is 0 Å². The molecule has 0 bridgehead atoms. The Morgan fingerprint density at radius 3 is 2.67 bits per heavy atom. The number of rotatable bonds is 5. The van der Waals surface area contributed by atoms with Crippen molar-refractivity contribution in [2.45, 2.75) is 45.6 Å². The Kier molecular flexibility index (Phi) is 4.12. The van der Waals surface area contributed by atoms with Crippen molar-refractivity contribution in [2.75, 3.05) is 6.54 Å². The summed E-state index contributed by atoms with van der Waals surface area (Å²) in [5.74, 6) is -1.34. The van der Waals surface area contributed by atoms with Gasteiger partial charge in [-0.3, -0.25) is 9.59 Å². The second kappa shape index (κ2) is 5.14. The number of likely N-dealkylation sites (tertiary alicyclic amines) is 1. The number of nitrogens with zero attached hydrogens (tertiary/aromatic N) is 1. The number of aliphatic carboxylic acids is 1. The average molecular weight is 213 g/mol. The van der Waals surface area contributed by atoms with E-state index < -0.39 is 11.9 Å². The fourth-order valence-electron chi connectivity index (χ4n) is 2.22. The second-order valence-electron chi connectivity index (χ2n) is 4.07. The van der Waals surface area contributed by atoms with Gasteiger partial charge in [-0.2, -0.15) is 0 Å². The summed E-state index contributed by atoms with van der Waals surface area (Å²) in [5.41, 5.74) is 0. The minimum absolute atomic E-state index is 0.00250. The molecule has 4 heteroatoms. The lowest BCUT2D eigenvalue weighted by Gasteiger charge is -2.25. The predicted molar refractivity (Wildman–Crippen MR) is 56.4 cm³/mol. The zero-order chi connectivity index (χ0) is 11.4. The highest BCUT2D eigenvalue weighted by molar-refractivity contribution is 5.86. The Hall–Kier alpha value is -1.06. The van der Waals surface area contributed by atoms with E-state index in [-0.39, 0.29) is 18.4 Å². The fraction of sp³-hybridized carbons (Fsp3) is 0.818. The Morgan fingerprint density at radius 1 is 1.53 bits per heavy atom. The van der Waals surface area contributed by atoms with Gasteiger partial charge in [-0.15, -0.1) is 0 Å². The van der Waals surface area contributed by atoms with Crippen LogP contribution in [0.2, 0.25) is 0 Å². The van der Waals surface area contributed by atoms with Crippen LogP contribution in [0.5, 0.6) is 0 Å². The van der Waals surface area contributed by atoms with Gasteiger partial charge >= 0.3 is 5.97 Å². The molecule has 1 rings (SSSR count). The summed E-state index contributed by atoms with van der Waals surface area (Å²) < 4.78 is 0. The van der Waals surface area contributed by atoms with Crippen molar-refractivity contribution in [1.82, 2.24) is 4.90 Å². The maximum absolute atomic E-state index is 11.6. The average Bonchev–Trinajstić information content (AvgIpc) is 2.52. The van der Waals surface area contributed by atoms with E-state index in [9.17, 15) is 9.59 Å². The molecule has 2 atom stereocenters. The number of carbonyl (C=O) groups excluding carboxylic acids is 1. The highest BCUT2D eigenvalue weighted by Crippen LogP contribution is 2.28. The first-order valence-corrected chi connectivity index (χ1v) is 5.64. The number of hydrogen-bond donors (Lipinski definition) is 1. The zero-order valence-corrected chi connectivity index (χ0v) is 9.40. The van der Waals surface area contributed by atoms with Crippen molar-refractivity contribution in [3.63, 3.8) is 0 Å². The van der Waals surface area contributed by atoms with E-state index in [1.165, 1.54) is 0 Å². The number of unbranched alkanes of at least 4 members (excludes halogenated alkanes) is 1. The Morgan fingerprint density at radius 2 is 2.20 bits per heavy atom. The van der Waals surface area contributed by atoms with E-state index in [1.807, 2.05) is 6.92 Å². The molecule has 1 heterocycles. The van der Waals surface area contributed by atoms with Crippen LogP contribution in [0.15, 0.2) is 0 Å². The van der Waals surface area contributed by atoms with E-state index in [2.05, 4.69) is 6.92 Å². The fourth-order valence-corrected chi connectivity index (χ4v) is 2.22. The highest BCUT2D eigenvalue weighted by atomic mass is 16.4. The minimum atomic E-state index is -0.839.